The molecule has 0 aromatic carbocycles. The van der Waals surface area contributed by atoms with Crippen LogP contribution in [0.2, 0.25) is 0 Å². The molecule has 0 fully saturated rings. The number of unbranched alkanes of at least 4 members (excludes halogenated alkanes) is 1. The van der Waals surface area contributed by atoms with Gasteiger partial charge in [0.1, 0.15) is 12.4 Å². The summed E-state index contributed by atoms with van der Waals surface area (Å²) in [6.07, 6.45) is 8.82. The normalized spacial score (nSPS) is 11.9. The average Bonchev–Trinajstić information content (AvgIpc) is 2.45. The molecule has 1 aromatic heterocycles. The number of nitrogens with zero attached hydrogens (tertiary/aromatic N) is 2. The van der Waals surface area contributed by atoms with Crippen LogP contribution in [0.25, 0.3) is 0 Å². The average molecular weight is 271 g/mol. The summed E-state index contributed by atoms with van der Waals surface area (Å²) < 4.78 is 43.5. The molecule has 0 spiro atoms. The SMILES string of the molecule is CCCCn1cc[n+](C)c1.[F][Fe]([F])([F])[F]. The van der Waals surface area contributed by atoms with Gasteiger partial charge in [0.15, 0.2) is 0 Å². The quantitative estimate of drug-likeness (QED) is 0.454. The summed E-state index contributed by atoms with van der Waals surface area (Å²) in [5, 5.41) is 0. The predicted octanol–water partition coefficient (Wildman–Crippen LogP) is 2.79. The van der Waals surface area contributed by atoms with Gasteiger partial charge in [-0.25, -0.2) is 9.13 Å². The van der Waals surface area contributed by atoms with Crippen LogP contribution in [0.3, 0.4) is 0 Å². The number of hydrogen-bond acceptors (Lipinski definition) is 0. The molecule has 1 rings (SSSR count). The first kappa shape index (κ1) is 14.4. The van der Waals surface area contributed by atoms with Crippen LogP contribution in [0.5, 0.6) is 0 Å². The van der Waals surface area contributed by atoms with Crippen LogP contribution in [-0.2, 0) is 28.3 Å². The van der Waals surface area contributed by atoms with Gasteiger partial charge in [-0.05, 0) is 6.42 Å². The van der Waals surface area contributed by atoms with Crippen molar-refractivity contribution in [3.8, 4) is 0 Å². The van der Waals surface area contributed by atoms with Crippen LogP contribution >= 0.6 is 0 Å². The fourth-order valence-corrected chi connectivity index (χ4v) is 0.975. The van der Waals surface area contributed by atoms with Gasteiger partial charge in [-0.1, -0.05) is 13.3 Å². The Labute approximate surface area is 90.6 Å². The topological polar surface area (TPSA) is 8.81 Å². The van der Waals surface area contributed by atoms with E-state index in [1.807, 2.05) is 7.05 Å². The molecule has 0 radical (unpaired) electrons. The van der Waals surface area contributed by atoms with E-state index in [-0.39, 0.29) is 0 Å². The number of aromatic nitrogens is 2. The van der Waals surface area contributed by atoms with E-state index < -0.39 is 14.7 Å². The summed E-state index contributed by atoms with van der Waals surface area (Å²) in [5.74, 6) is 0. The molecule has 0 saturated heterocycles. The molecule has 0 unspecified atom stereocenters. The first-order valence-corrected chi connectivity index (χ1v) is 6.04. The minimum absolute atomic E-state index is 1.15. The standard InChI is InChI=1S/C8H15N2.4FH.Fe/c1-3-4-5-10-7-6-9(2)8-10;;;;;/h6-8H,3-5H2,1-2H3;4*1H;/q+1;;;;;+4/p-4. The van der Waals surface area contributed by atoms with Gasteiger partial charge in [0.05, 0.1) is 13.6 Å². The molecule has 0 atom stereocenters. The third kappa shape index (κ3) is 11.4. The fraction of sp³-hybridized carbons (Fsp3) is 0.625. The van der Waals surface area contributed by atoms with E-state index in [9.17, 15) is 14.2 Å². The molecular formula is C8H15F4FeN2+. The number of imidazole rings is 1. The van der Waals surface area contributed by atoms with Crippen molar-refractivity contribution in [1.82, 2.24) is 4.57 Å². The van der Waals surface area contributed by atoms with Crippen LogP contribution in [0, 0.1) is 0 Å². The Kier molecular flexibility index (Phi) is 6.59. The van der Waals surface area contributed by atoms with Crippen molar-refractivity contribution in [2.24, 2.45) is 7.05 Å². The Morgan fingerprint density at radius 3 is 2.13 bits per heavy atom. The van der Waals surface area contributed by atoms with Crippen LogP contribution in [0.4, 0.5) is 14.2 Å². The molecule has 2 nitrogen and oxygen atoms in total. The number of hydrogen-bond donors (Lipinski definition) is 0. The molecule has 0 aliphatic heterocycles. The van der Waals surface area contributed by atoms with E-state index in [2.05, 4.69) is 34.8 Å². The Morgan fingerprint density at radius 2 is 1.80 bits per heavy atom. The van der Waals surface area contributed by atoms with E-state index in [1.165, 1.54) is 12.8 Å². The van der Waals surface area contributed by atoms with Gasteiger partial charge in [-0.2, -0.15) is 0 Å². The second kappa shape index (κ2) is 6.85. The molecule has 92 valence electrons. The van der Waals surface area contributed by atoms with Gasteiger partial charge in [0, 0.05) is 0 Å². The summed E-state index contributed by atoms with van der Waals surface area (Å²) >= 11 is -6.50. The van der Waals surface area contributed by atoms with E-state index in [4.69, 9.17) is 0 Å². The zero-order valence-electron chi connectivity index (χ0n) is 8.61. The molecular weight excluding hydrogens is 256 g/mol. The number of rotatable bonds is 3. The second-order valence-corrected chi connectivity index (χ2v) is 3.92. The van der Waals surface area contributed by atoms with Crippen molar-refractivity contribution in [2.75, 3.05) is 0 Å². The van der Waals surface area contributed by atoms with Crippen molar-refractivity contribution in [2.45, 2.75) is 26.3 Å². The first-order chi connectivity index (χ1) is 6.83. The van der Waals surface area contributed by atoms with E-state index in [1.54, 1.807) is 0 Å². The second-order valence-electron chi connectivity index (χ2n) is 2.97. The van der Waals surface area contributed by atoms with Gasteiger partial charge < -0.3 is 0 Å². The van der Waals surface area contributed by atoms with Gasteiger partial charge in [0.2, 0.25) is 6.33 Å². The molecule has 0 N–H and O–H groups in total. The van der Waals surface area contributed by atoms with Crippen molar-refractivity contribution < 1.29 is 33.4 Å². The fourth-order valence-electron chi connectivity index (χ4n) is 0.975. The Hall–Kier alpha value is -0.551. The van der Waals surface area contributed by atoms with Crippen molar-refractivity contribution in [3.63, 3.8) is 0 Å². The number of halogens is 4. The molecule has 0 aliphatic rings. The van der Waals surface area contributed by atoms with Crippen molar-refractivity contribution in [1.29, 1.82) is 0 Å². The zero-order valence-corrected chi connectivity index (χ0v) is 9.72. The maximum absolute atomic E-state index is 9.81. The van der Waals surface area contributed by atoms with Gasteiger partial charge in [-0.15, -0.1) is 0 Å². The van der Waals surface area contributed by atoms with E-state index in [0.29, 0.717) is 0 Å². The summed E-state index contributed by atoms with van der Waals surface area (Å²) in [7, 11) is 2.04. The van der Waals surface area contributed by atoms with Crippen LogP contribution < -0.4 is 4.57 Å². The summed E-state index contributed by atoms with van der Waals surface area (Å²) in [4.78, 5) is 0. The van der Waals surface area contributed by atoms with Crippen LogP contribution in [0.15, 0.2) is 18.7 Å². The van der Waals surface area contributed by atoms with E-state index >= 15 is 0 Å². The molecule has 0 aliphatic carbocycles. The third-order valence-corrected chi connectivity index (χ3v) is 1.59. The van der Waals surface area contributed by atoms with Gasteiger partial charge >= 0.3 is 28.9 Å². The maximum atomic E-state index is 9.81. The molecule has 1 aromatic rings. The zero-order chi connectivity index (χ0) is 11.9. The van der Waals surface area contributed by atoms with Crippen molar-refractivity contribution in [3.05, 3.63) is 18.7 Å². The first-order valence-electron chi connectivity index (χ1n) is 4.37. The van der Waals surface area contributed by atoms with Crippen LogP contribution in [-0.4, -0.2) is 4.57 Å². The predicted molar refractivity (Wildman–Crippen MR) is 44.9 cm³/mol. The molecule has 7 heteroatoms. The molecule has 15 heavy (non-hydrogen) atoms. The van der Waals surface area contributed by atoms with Crippen molar-refractivity contribution >= 4 is 0 Å². The van der Waals surface area contributed by atoms with Gasteiger partial charge in [-0.3, -0.25) is 0 Å². The molecule has 0 amide bonds. The Balaban J connectivity index is 0.000000336. The monoisotopic (exact) mass is 271 g/mol. The summed E-state index contributed by atoms with van der Waals surface area (Å²) in [5.41, 5.74) is 0. The van der Waals surface area contributed by atoms with Gasteiger partial charge in [0.25, 0.3) is 0 Å². The molecule has 0 saturated carbocycles. The van der Waals surface area contributed by atoms with E-state index in [0.717, 1.165) is 6.54 Å². The Bertz CT molecular complexity index is 266. The summed E-state index contributed by atoms with van der Waals surface area (Å²) in [6.45, 7) is 3.36. The molecule has 1 heterocycles. The molecule has 0 bridgehead atoms. The number of aryl methyl sites for hydroxylation is 2. The minimum atomic E-state index is -6.50. The Morgan fingerprint density at radius 1 is 1.27 bits per heavy atom. The van der Waals surface area contributed by atoms with Crippen LogP contribution in [0.1, 0.15) is 19.8 Å². The third-order valence-electron chi connectivity index (χ3n) is 1.59. The summed E-state index contributed by atoms with van der Waals surface area (Å²) in [6, 6.07) is 0.